The van der Waals surface area contributed by atoms with Gasteiger partial charge in [-0.1, -0.05) is 34.6 Å². The van der Waals surface area contributed by atoms with Crippen molar-refractivity contribution in [3.05, 3.63) is 59.7 Å². The molecule has 0 saturated heterocycles. The first-order chi connectivity index (χ1) is 10.3. The SMILES string of the molecule is Oc1ccccc1/C=N/OCO/N=C/c1ccccc1O. The van der Waals surface area contributed by atoms with Crippen LogP contribution in [-0.4, -0.2) is 29.4 Å². The molecule has 0 aliphatic carbocycles. The molecular weight excluding hydrogens is 272 g/mol. The number of oxime groups is 2. The number of para-hydroxylation sites is 2. The van der Waals surface area contributed by atoms with Crippen molar-refractivity contribution < 1.29 is 19.9 Å². The highest BCUT2D eigenvalue weighted by Crippen LogP contribution is 2.13. The average Bonchev–Trinajstić information content (AvgIpc) is 2.50. The monoisotopic (exact) mass is 286 g/mol. The van der Waals surface area contributed by atoms with Gasteiger partial charge in [0.05, 0.1) is 12.4 Å². The van der Waals surface area contributed by atoms with Gasteiger partial charge in [0.25, 0.3) is 6.79 Å². The van der Waals surface area contributed by atoms with Gasteiger partial charge in [-0.2, -0.15) is 0 Å². The second kappa shape index (κ2) is 7.54. The van der Waals surface area contributed by atoms with Crippen molar-refractivity contribution in [2.75, 3.05) is 6.79 Å². The second-order valence-electron chi connectivity index (χ2n) is 3.96. The molecule has 0 unspecified atom stereocenters. The lowest BCUT2D eigenvalue weighted by Gasteiger charge is -1.99. The Bertz CT molecular complexity index is 586. The number of rotatable bonds is 6. The number of hydrogen-bond donors (Lipinski definition) is 2. The van der Waals surface area contributed by atoms with E-state index in [1.807, 2.05) is 0 Å². The van der Waals surface area contributed by atoms with Crippen molar-refractivity contribution in [3.63, 3.8) is 0 Å². The number of benzene rings is 2. The quantitative estimate of drug-likeness (QED) is 0.370. The van der Waals surface area contributed by atoms with Gasteiger partial charge in [0.2, 0.25) is 0 Å². The van der Waals surface area contributed by atoms with Crippen LogP contribution in [0.3, 0.4) is 0 Å². The molecule has 0 atom stereocenters. The zero-order chi connectivity index (χ0) is 14.9. The predicted octanol–water partition coefficient (Wildman–Crippen LogP) is 2.46. The highest BCUT2D eigenvalue weighted by atomic mass is 16.8. The van der Waals surface area contributed by atoms with Crippen molar-refractivity contribution in [1.82, 2.24) is 0 Å². The summed E-state index contributed by atoms with van der Waals surface area (Å²) in [5.74, 6) is 0.228. The zero-order valence-electron chi connectivity index (χ0n) is 11.1. The van der Waals surface area contributed by atoms with E-state index in [0.29, 0.717) is 11.1 Å². The van der Waals surface area contributed by atoms with Crippen molar-refractivity contribution in [2.24, 2.45) is 10.3 Å². The fourth-order valence-electron chi connectivity index (χ4n) is 1.47. The molecule has 21 heavy (non-hydrogen) atoms. The van der Waals surface area contributed by atoms with Gasteiger partial charge < -0.3 is 19.9 Å². The van der Waals surface area contributed by atoms with Gasteiger partial charge >= 0.3 is 0 Å². The highest BCUT2D eigenvalue weighted by Gasteiger charge is 1.95. The molecule has 6 nitrogen and oxygen atoms in total. The number of nitrogens with zero attached hydrogens (tertiary/aromatic N) is 2. The Morgan fingerprint density at radius 3 is 1.62 bits per heavy atom. The van der Waals surface area contributed by atoms with Crippen LogP contribution in [0, 0.1) is 0 Å². The molecule has 2 aromatic rings. The van der Waals surface area contributed by atoms with E-state index in [0.717, 1.165) is 0 Å². The van der Waals surface area contributed by atoms with Gasteiger partial charge in [0.15, 0.2) is 0 Å². The zero-order valence-corrected chi connectivity index (χ0v) is 11.1. The van der Waals surface area contributed by atoms with Crippen LogP contribution in [0.1, 0.15) is 11.1 Å². The molecule has 0 radical (unpaired) electrons. The minimum absolute atomic E-state index is 0.114. The Balaban J connectivity index is 1.73. The average molecular weight is 286 g/mol. The van der Waals surface area contributed by atoms with E-state index in [-0.39, 0.29) is 18.3 Å². The van der Waals surface area contributed by atoms with Gasteiger partial charge in [-0.3, -0.25) is 0 Å². The van der Waals surface area contributed by atoms with Crippen molar-refractivity contribution in [3.8, 4) is 11.5 Å². The van der Waals surface area contributed by atoms with Crippen LogP contribution in [-0.2, 0) is 9.68 Å². The normalized spacial score (nSPS) is 11.0. The van der Waals surface area contributed by atoms with Crippen molar-refractivity contribution in [2.45, 2.75) is 0 Å². The standard InChI is InChI=1S/C15H14N2O4/c18-14-7-3-1-5-12(14)9-16-20-11-21-17-10-13-6-2-4-8-15(13)19/h1-10,18-19H,11H2/b16-9+,17-10+. The minimum atomic E-state index is -0.186. The molecule has 6 heteroatoms. The van der Waals surface area contributed by atoms with Crippen LogP contribution < -0.4 is 0 Å². The number of aromatic hydroxyl groups is 2. The van der Waals surface area contributed by atoms with Gasteiger partial charge in [0, 0.05) is 11.1 Å². The van der Waals surface area contributed by atoms with Crippen LogP contribution in [0.15, 0.2) is 58.8 Å². The molecule has 0 aromatic heterocycles. The maximum absolute atomic E-state index is 9.48. The molecular formula is C15H14N2O4. The van der Waals surface area contributed by atoms with E-state index in [9.17, 15) is 10.2 Å². The summed E-state index contributed by atoms with van der Waals surface area (Å²) in [6, 6.07) is 13.5. The molecule has 2 aromatic carbocycles. The Labute approximate surface area is 121 Å². The van der Waals surface area contributed by atoms with E-state index >= 15 is 0 Å². The van der Waals surface area contributed by atoms with Crippen LogP contribution >= 0.6 is 0 Å². The largest absolute Gasteiger partial charge is 0.507 e. The highest BCUT2D eigenvalue weighted by molar-refractivity contribution is 5.83. The van der Waals surface area contributed by atoms with Crippen molar-refractivity contribution >= 4 is 12.4 Å². The lowest BCUT2D eigenvalue weighted by Crippen LogP contribution is -1.92. The Kier molecular flexibility index (Phi) is 5.17. The number of phenols is 2. The lowest BCUT2D eigenvalue weighted by molar-refractivity contribution is -0.0493. The Hall–Kier alpha value is -3.02. The molecule has 0 aliphatic rings. The maximum Gasteiger partial charge on any atom is 0.280 e. The number of phenolic OH excluding ortho intramolecular Hbond substituents is 2. The summed E-state index contributed by atoms with van der Waals surface area (Å²) in [7, 11) is 0. The molecule has 0 aliphatic heterocycles. The molecule has 0 spiro atoms. The van der Waals surface area contributed by atoms with Crippen LogP contribution in [0.4, 0.5) is 0 Å². The summed E-state index contributed by atoms with van der Waals surface area (Å²) >= 11 is 0. The van der Waals surface area contributed by atoms with Crippen LogP contribution in [0.5, 0.6) is 11.5 Å². The van der Waals surface area contributed by atoms with Gasteiger partial charge in [-0.05, 0) is 24.3 Å². The van der Waals surface area contributed by atoms with E-state index in [2.05, 4.69) is 10.3 Å². The van der Waals surface area contributed by atoms with Gasteiger partial charge in [0.1, 0.15) is 11.5 Å². The van der Waals surface area contributed by atoms with Crippen molar-refractivity contribution in [1.29, 1.82) is 0 Å². The third kappa shape index (κ3) is 4.54. The second-order valence-corrected chi connectivity index (χ2v) is 3.96. The third-order valence-corrected chi connectivity index (χ3v) is 2.51. The summed E-state index contributed by atoms with van der Waals surface area (Å²) in [6.45, 7) is -0.186. The fourth-order valence-corrected chi connectivity index (χ4v) is 1.47. The first kappa shape index (κ1) is 14.4. The summed E-state index contributed by atoms with van der Waals surface area (Å²) in [5.41, 5.74) is 1.07. The first-order valence-corrected chi connectivity index (χ1v) is 6.14. The smallest absolute Gasteiger partial charge is 0.280 e. The van der Waals surface area contributed by atoms with E-state index in [4.69, 9.17) is 9.68 Å². The lowest BCUT2D eigenvalue weighted by atomic mass is 10.2. The summed E-state index contributed by atoms with van der Waals surface area (Å²) in [6.07, 6.45) is 2.73. The van der Waals surface area contributed by atoms with Crippen LogP contribution in [0.2, 0.25) is 0 Å². The molecule has 108 valence electrons. The summed E-state index contributed by atoms with van der Waals surface area (Å²) in [4.78, 5) is 9.64. The summed E-state index contributed by atoms with van der Waals surface area (Å²) < 4.78 is 0. The number of hydrogen-bond acceptors (Lipinski definition) is 6. The molecule has 0 heterocycles. The maximum atomic E-state index is 9.48. The third-order valence-electron chi connectivity index (χ3n) is 2.51. The molecule has 0 bridgehead atoms. The minimum Gasteiger partial charge on any atom is -0.507 e. The molecule has 0 amide bonds. The molecule has 2 N–H and O–H groups in total. The summed E-state index contributed by atoms with van der Waals surface area (Å²) in [5, 5.41) is 26.2. The van der Waals surface area contributed by atoms with Crippen LogP contribution in [0.25, 0.3) is 0 Å². The first-order valence-electron chi connectivity index (χ1n) is 6.14. The predicted molar refractivity (Wildman–Crippen MR) is 78.4 cm³/mol. The molecule has 0 fully saturated rings. The molecule has 0 saturated carbocycles. The van der Waals surface area contributed by atoms with Gasteiger partial charge in [-0.25, -0.2) is 0 Å². The Morgan fingerprint density at radius 2 is 1.19 bits per heavy atom. The topological polar surface area (TPSA) is 83.6 Å². The van der Waals surface area contributed by atoms with E-state index in [1.54, 1.807) is 48.5 Å². The van der Waals surface area contributed by atoms with E-state index in [1.165, 1.54) is 12.4 Å². The fraction of sp³-hybridized carbons (Fsp3) is 0.0667. The Morgan fingerprint density at radius 1 is 0.762 bits per heavy atom. The van der Waals surface area contributed by atoms with E-state index < -0.39 is 0 Å². The molecule has 2 rings (SSSR count). The van der Waals surface area contributed by atoms with Gasteiger partial charge in [-0.15, -0.1) is 0 Å².